The molecule has 284 valence electrons. The van der Waals surface area contributed by atoms with Gasteiger partial charge in [0.2, 0.25) is 0 Å². The van der Waals surface area contributed by atoms with Crippen LogP contribution in [0, 0.1) is 0 Å². The number of pyridine rings is 1. The molecule has 3 aromatic heterocycles. The molecule has 3 nitrogen and oxygen atoms in total. The minimum Gasteiger partial charge on any atom is -0.247 e. The van der Waals surface area contributed by atoms with Crippen LogP contribution in [-0.4, -0.2) is 15.0 Å². The largest absolute Gasteiger partial charge is 0.247 e. The third-order valence-corrected chi connectivity index (χ3v) is 13.1. The van der Waals surface area contributed by atoms with Crippen LogP contribution in [0.1, 0.15) is 0 Å². The molecule has 0 amide bonds. The van der Waals surface area contributed by atoms with Gasteiger partial charge in [-0.15, -0.1) is 11.3 Å². The first-order valence-electron chi connectivity index (χ1n) is 20.6. The summed E-state index contributed by atoms with van der Waals surface area (Å²) in [5, 5.41) is 8.55. The smallest absolute Gasteiger partial charge is 0.160 e. The fourth-order valence-corrected chi connectivity index (χ4v) is 10.1. The van der Waals surface area contributed by atoms with E-state index in [4.69, 9.17) is 15.0 Å². The minimum atomic E-state index is 0.693. The summed E-state index contributed by atoms with van der Waals surface area (Å²) in [5.74, 6) is 0.693. The van der Waals surface area contributed by atoms with Gasteiger partial charge in [-0.05, 0) is 74.1 Å². The Bertz CT molecular complexity index is 3610. The van der Waals surface area contributed by atoms with E-state index in [1.165, 1.54) is 52.8 Å². The number of hydrogen-bond acceptors (Lipinski definition) is 4. The Balaban J connectivity index is 0.961. The number of hydrogen-bond donors (Lipinski definition) is 0. The zero-order valence-electron chi connectivity index (χ0n) is 33.0. The van der Waals surface area contributed by atoms with Gasteiger partial charge in [-0.2, -0.15) is 0 Å². The second-order valence-electron chi connectivity index (χ2n) is 15.5. The highest BCUT2D eigenvalue weighted by atomic mass is 32.1. The van der Waals surface area contributed by atoms with E-state index in [1.807, 2.05) is 23.5 Å². The number of benzene rings is 9. The Hall–Kier alpha value is -7.79. The Morgan fingerprint density at radius 2 is 0.852 bits per heavy atom. The monoisotopic (exact) mass is 793 g/mol. The van der Waals surface area contributed by atoms with Crippen molar-refractivity contribution in [1.29, 1.82) is 0 Å². The fourth-order valence-electron chi connectivity index (χ4n) is 8.84. The molecule has 0 bridgehead atoms. The van der Waals surface area contributed by atoms with Crippen LogP contribution in [0.25, 0.3) is 120 Å². The lowest BCUT2D eigenvalue weighted by Crippen LogP contribution is -1.96. The maximum atomic E-state index is 5.52. The molecule has 12 aromatic rings. The molecule has 9 aromatic carbocycles. The SMILES string of the molecule is c1ccc(-c2ccc(-c3cc(-c4ccccc4)nc(-c4ccc(-c5ccc6nc(-c7cc8ccccc8c8ccccc78)c7c8ccccc8sc7c6c5)cc4)n3)cc2)cc1. The molecule has 0 aliphatic carbocycles. The van der Waals surface area contributed by atoms with Crippen LogP contribution in [0.2, 0.25) is 0 Å². The Labute approximate surface area is 356 Å². The molecule has 0 saturated heterocycles. The third kappa shape index (κ3) is 6.16. The van der Waals surface area contributed by atoms with Crippen LogP contribution in [0.15, 0.2) is 212 Å². The Morgan fingerprint density at radius 3 is 1.59 bits per heavy atom. The summed E-state index contributed by atoms with van der Waals surface area (Å²) in [6.07, 6.45) is 0. The molecule has 0 unspecified atom stereocenters. The number of rotatable bonds is 6. The first kappa shape index (κ1) is 35.2. The molecular weight excluding hydrogens is 759 g/mol. The molecule has 0 aliphatic heterocycles. The third-order valence-electron chi connectivity index (χ3n) is 11.9. The van der Waals surface area contributed by atoms with Crippen LogP contribution < -0.4 is 0 Å². The summed E-state index contributed by atoms with van der Waals surface area (Å²) < 4.78 is 2.52. The lowest BCUT2D eigenvalue weighted by atomic mass is 9.93. The van der Waals surface area contributed by atoms with Gasteiger partial charge in [0.1, 0.15) is 0 Å². The van der Waals surface area contributed by atoms with E-state index in [-0.39, 0.29) is 0 Å². The van der Waals surface area contributed by atoms with E-state index >= 15 is 0 Å². The quantitative estimate of drug-likeness (QED) is 0.157. The van der Waals surface area contributed by atoms with E-state index in [2.05, 4.69) is 200 Å². The van der Waals surface area contributed by atoms with Crippen molar-refractivity contribution in [1.82, 2.24) is 15.0 Å². The average Bonchev–Trinajstić information content (AvgIpc) is 3.74. The van der Waals surface area contributed by atoms with Gasteiger partial charge in [0.25, 0.3) is 0 Å². The number of aromatic nitrogens is 3. The van der Waals surface area contributed by atoms with Gasteiger partial charge < -0.3 is 0 Å². The molecule has 0 atom stereocenters. The van der Waals surface area contributed by atoms with Crippen LogP contribution in [0.3, 0.4) is 0 Å². The van der Waals surface area contributed by atoms with Crippen molar-refractivity contribution >= 4 is 64.0 Å². The molecule has 61 heavy (non-hydrogen) atoms. The van der Waals surface area contributed by atoms with Crippen LogP contribution in [-0.2, 0) is 0 Å². The highest BCUT2D eigenvalue weighted by molar-refractivity contribution is 7.26. The summed E-state index contributed by atoms with van der Waals surface area (Å²) in [4.78, 5) is 15.8. The minimum absolute atomic E-state index is 0.693. The van der Waals surface area contributed by atoms with Crippen LogP contribution in [0.4, 0.5) is 0 Å². The highest BCUT2D eigenvalue weighted by Crippen LogP contribution is 2.46. The molecule has 0 fully saturated rings. The number of fused-ring (bicyclic) bond motifs is 8. The normalized spacial score (nSPS) is 11.6. The van der Waals surface area contributed by atoms with Crippen molar-refractivity contribution in [2.24, 2.45) is 0 Å². The first-order valence-corrected chi connectivity index (χ1v) is 21.4. The molecule has 0 N–H and O–H groups in total. The summed E-state index contributed by atoms with van der Waals surface area (Å²) >= 11 is 1.85. The summed E-state index contributed by atoms with van der Waals surface area (Å²) in [6.45, 7) is 0. The van der Waals surface area contributed by atoms with Crippen LogP contribution in [0.5, 0.6) is 0 Å². The summed E-state index contributed by atoms with van der Waals surface area (Å²) in [6, 6.07) is 75.4. The van der Waals surface area contributed by atoms with E-state index in [1.54, 1.807) is 0 Å². The van der Waals surface area contributed by atoms with Crippen molar-refractivity contribution in [3.05, 3.63) is 212 Å². The first-order chi connectivity index (χ1) is 30.2. The topological polar surface area (TPSA) is 38.7 Å². The molecule has 0 aliphatic rings. The zero-order valence-corrected chi connectivity index (χ0v) is 33.8. The summed E-state index contributed by atoms with van der Waals surface area (Å²) in [5.41, 5.74) is 12.7. The predicted molar refractivity (Wildman–Crippen MR) is 258 cm³/mol. The van der Waals surface area contributed by atoms with Gasteiger partial charge in [-0.3, -0.25) is 0 Å². The number of nitrogens with zero attached hydrogens (tertiary/aromatic N) is 3. The van der Waals surface area contributed by atoms with Crippen LogP contribution >= 0.6 is 11.3 Å². The van der Waals surface area contributed by atoms with Gasteiger partial charge in [-0.1, -0.05) is 182 Å². The van der Waals surface area contributed by atoms with Crippen molar-refractivity contribution in [3.63, 3.8) is 0 Å². The van der Waals surface area contributed by atoms with Gasteiger partial charge in [0.05, 0.1) is 22.6 Å². The van der Waals surface area contributed by atoms with E-state index in [9.17, 15) is 0 Å². The fraction of sp³-hybridized carbons (Fsp3) is 0. The molecule has 0 spiro atoms. The van der Waals surface area contributed by atoms with Crippen molar-refractivity contribution in [2.45, 2.75) is 0 Å². The van der Waals surface area contributed by atoms with Crippen molar-refractivity contribution < 1.29 is 0 Å². The number of thiophene rings is 1. The van der Waals surface area contributed by atoms with Gasteiger partial charge in [0.15, 0.2) is 5.82 Å². The maximum Gasteiger partial charge on any atom is 0.160 e. The van der Waals surface area contributed by atoms with E-state index in [0.717, 1.165) is 61.4 Å². The lowest BCUT2D eigenvalue weighted by Gasteiger charge is -2.14. The second-order valence-corrected chi connectivity index (χ2v) is 16.6. The molecule has 3 heterocycles. The Kier molecular flexibility index (Phi) is 8.36. The van der Waals surface area contributed by atoms with E-state index in [0.29, 0.717) is 5.82 Å². The molecule has 0 saturated carbocycles. The summed E-state index contributed by atoms with van der Waals surface area (Å²) in [7, 11) is 0. The zero-order chi connectivity index (χ0) is 40.3. The molecular formula is C57H35N3S. The van der Waals surface area contributed by atoms with Crippen molar-refractivity contribution in [2.75, 3.05) is 0 Å². The molecule has 12 rings (SSSR count). The Morgan fingerprint density at radius 1 is 0.328 bits per heavy atom. The predicted octanol–water partition coefficient (Wildman–Crippen LogP) is 15.7. The average molecular weight is 794 g/mol. The second kappa shape index (κ2) is 14.5. The van der Waals surface area contributed by atoms with Gasteiger partial charge >= 0.3 is 0 Å². The van der Waals surface area contributed by atoms with Gasteiger partial charge in [0, 0.05) is 47.8 Å². The van der Waals surface area contributed by atoms with Gasteiger partial charge in [-0.25, -0.2) is 15.0 Å². The van der Waals surface area contributed by atoms with Crippen molar-refractivity contribution in [3.8, 4) is 67.4 Å². The standard InChI is InChI=1S/C57H35N3S/c1-3-13-36(14-4-1)37-23-27-40(28-24-37)52-35-51(39-15-5-2-6-16-39)59-57(60-52)41-29-25-38(26-30-41)42-31-32-50-49(33-42)56-54(47-21-11-12-22-53(47)61-56)55(58-50)48-34-43-17-7-8-18-44(43)45-19-9-10-20-46(45)48/h1-35H. The van der Waals surface area contributed by atoms with E-state index < -0.39 is 0 Å². The molecule has 0 radical (unpaired) electrons. The maximum absolute atomic E-state index is 5.52. The lowest BCUT2D eigenvalue weighted by molar-refractivity contribution is 1.18. The molecule has 4 heteroatoms. The highest BCUT2D eigenvalue weighted by Gasteiger charge is 2.20.